The molecule has 0 fully saturated rings. The minimum absolute atomic E-state index is 0.696. The maximum absolute atomic E-state index is 6.23. The van der Waals surface area contributed by atoms with E-state index in [1.54, 1.807) is 0 Å². The van der Waals surface area contributed by atoms with Crippen LogP contribution in [0.4, 0.5) is 0 Å². The normalized spacial score (nSPS) is 12.8. The summed E-state index contributed by atoms with van der Waals surface area (Å²) in [5.41, 5.74) is 0.871. The van der Waals surface area contributed by atoms with Crippen molar-refractivity contribution < 1.29 is 17.7 Å². The summed E-state index contributed by atoms with van der Waals surface area (Å²) in [4.78, 5) is 0. The second kappa shape index (κ2) is 12.7. The van der Waals surface area contributed by atoms with Crippen LogP contribution >= 0.6 is 0 Å². The highest BCUT2D eigenvalue weighted by Gasteiger charge is 2.47. The van der Waals surface area contributed by atoms with Crippen LogP contribution in [0.1, 0.15) is 60.3 Å². The summed E-state index contributed by atoms with van der Waals surface area (Å²) in [5.74, 6) is 0. The van der Waals surface area contributed by atoms with Gasteiger partial charge in [0.15, 0.2) is 0 Å². The third-order valence-corrected chi connectivity index (χ3v) is 13.0. The molecule has 0 rings (SSSR count). The molecular formula is C16H38O4Si2. The highest BCUT2D eigenvalue weighted by atomic mass is 28.4. The molecule has 0 saturated carbocycles. The van der Waals surface area contributed by atoms with Crippen LogP contribution < -0.4 is 0 Å². The van der Waals surface area contributed by atoms with Crippen molar-refractivity contribution in [3.05, 3.63) is 0 Å². The molecule has 6 heteroatoms. The molecule has 0 amide bonds. The minimum Gasteiger partial charge on any atom is -0.395 e. The summed E-state index contributed by atoms with van der Waals surface area (Å²) >= 11 is 0. The first kappa shape index (κ1) is 22.3. The second-order valence-electron chi connectivity index (χ2n) is 5.76. The van der Waals surface area contributed by atoms with E-state index in [0.717, 1.165) is 11.7 Å². The summed E-state index contributed by atoms with van der Waals surface area (Å²) in [5, 5.41) is 0. The van der Waals surface area contributed by atoms with Gasteiger partial charge in [0.1, 0.15) is 0 Å². The van der Waals surface area contributed by atoms with E-state index >= 15 is 0 Å². The molecule has 0 heterocycles. The van der Waals surface area contributed by atoms with Crippen LogP contribution in [0.5, 0.6) is 0 Å². The van der Waals surface area contributed by atoms with Crippen molar-refractivity contribution in [2.75, 3.05) is 26.4 Å². The molecule has 0 saturated heterocycles. The first-order valence-electron chi connectivity index (χ1n) is 9.07. The fourth-order valence-corrected chi connectivity index (χ4v) is 12.7. The zero-order chi connectivity index (χ0) is 16.9. The van der Waals surface area contributed by atoms with Crippen molar-refractivity contribution in [3.63, 3.8) is 0 Å². The Bertz CT molecular complexity index is 253. The Balaban J connectivity index is 4.98. The van der Waals surface area contributed by atoms with Crippen LogP contribution in [0.3, 0.4) is 0 Å². The molecule has 0 aromatic carbocycles. The summed E-state index contributed by atoms with van der Waals surface area (Å²) in [6.07, 6.45) is 4.98. The summed E-state index contributed by atoms with van der Waals surface area (Å²) < 4.78 is 24.5. The van der Waals surface area contributed by atoms with Gasteiger partial charge in [0.05, 0.1) is 0 Å². The van der Waals surface area contributed by atoms with E-state index in [0.29, 0.717) is 26.4 Å². The van der Waals surface area contributed by atoms with Crippen molar-refractivity contribution in [1.29, 1.82) is 0 Å². The van der Waals surface area contributed by atoms with Gasteiger partial charge in [-0.1, -0.05) is 32.6 Å². The molecule has 0 aliphatic heterocycles. The van der Waals surface area contributed by atoms with Crippen LogP contribution in [0, 0.1) is 0 Å². The topological polar surface area (TPSA) is 36.9 Å². The minimum atomic E-state index is -2.24. The quantitative estimate of drug-likeness (QED) is 0.315. The predicted octanol–water partition coefficient (Wildman–Crippen LogP) is 4.77. The lowest BCUT2D eigenvalue weighted by Gasteiger charge is -2.36. The summed E-state index contributed by atoms with van der Waals surface area (Å²) in [6.45, 7) is 15.4. The predicted molar refractivity (Wildman–Crippen MR) is 97.6 cm³/mol. The van der Waals surface area contributed by atoms with Gasteiger partial charge in [-0.25, -0.2) is 0 Å². The first-order chi connectivity index (χ1) is 10.5. The van der Waals surface area contributed by atoms with Crippen LogP contribution in [-0.2, 0) is 17.7 Å². The number of unbranched alkanes of at least 4 members (excludes halogenated alkanes) is 3. The van der Waals surface area contributed by atoms with Gasteiger partial charge in [-0.05, 0) is 40.3 Å². The highest BCUT2D eigenvalue weighted by Crippen LogP contribution is 2.29. The standard InChI is InChI=1S/C16H38O4Si2/c1-7-12-13-14-15-22(19-10-4,20-11-5)16-21(6,17-8-2)18-9-3/h7-16H2,1-6H3. The Labute approximate surface area is 140 Å². The lowest BCUT2D eigenvalue weighted by Crippen LogP contribution is -2.53. The van der Waals surface area contributed by atoms with Crippen LogP contribution in [-0.4, -0.2) is 43.5 Å². The average Bonchev–Trinajstić information content (AvgIpc) is 2.44. The lowest BCUT2D eigenvalue weighted by molar-refractivity contribution is 0.164. The molecule has 0 atom stereocenters. The maximum atomic E-state index is 6.23. The van der Waals surface area contributed by atoms with Gasteiger partial charge in [0.2, 0.25) is 0 Å². The fraction of sp³-hybridized carbons (Fsp3) is 1.00. The molecule has 0 aromatic heterocycles. The third kappa shape index (κ3) is 8.79. The summed E-state index contributed by atoms with van der Waals surface area (Å²) in [7, 11) is -4.46. The number of hydrogen-bond acceptors (Lipinski definition) is 4. The van der Waals surface area contributed by atoms with Crippen LogP contribution in [0.2, 0.25) is 18.3 Å². The SMILES string of the molecule is CCCCCC[Si](C[Si](C)(OCC)OCC)(OCC)OCC. The smallest absolute Gasteiger partial charge is 0.340 e. The van der Waals surface area contributed by atoms with Crippen molar-refractivity contribution in [3.8, 4) is 0 Å². The van der Waals surface area contributed by atoms with Gasteiger partial charge in [-0.3, -0.25) is 0 Å². The monoisotopic (exact) mass is 350 g/mol. The Kier molecular flexibility index (Phi) is 12.8. The molecule has 134 valence electrons. The van der Waals surface area contributed by atoms with Gasteiger partial charge in [0, 0.05) is 32.1 Å². The zero-order valence-corrected chi connectivity index (χ0v) is 17.7. The highest BCUT2D eigenvalue weighted by molar-refractivity contribution is 6.85. The molecule has 0 spiro atoms. The fourth-order valence-electron chi connectivity index (χ4n) is 2.97. The number of rotatable bonds is 15. The van der Waals surface area contributed by atoms with Crippen molar-refractivity contribution in [2.24, 2.45) is 0 Å². The Hall–Kier alpha value is 0.274. The van der Waals surface area contributed by atoms with Gasteiger partial charge in [0.25, 0.3) is 0 Å². The second-order valence-corrected chi connectivity index (χ2v) is 12.9. The van der Waals surface area contributed by atoms with Gasteiger partial charge >= 0.3 is 17.1 Å². The largest absolute Gasteiger partial charge is 0.395 e. The van der Waals surface area contributed by atoms with E-state index in [4.69, 9.17) is 17.7 Å². The van der Waals surface area contributed by atoms with Crippen LogP contribution in [0.25, 0.3) is 0 Å². The molecule has 4 nitrogen and oxygen atoms in total. The van der Waals surface area contributed by atoms with Gasteiger partial charge in [-0.15, -0.1) is 0 Å². The van der Waals surface area contributed by atoms with Gasteiger partial charge < -0.3 is 17.7 Å². The van der Waals surface area contributed by atoms with E-state index in [1.807, 2.05) is 13.8 Å². The molecular weight excluding hydrogens is 312 g/mol. The average molecular weight is 351 g/mol. The number of hydrogen-bond donors (Lipinski definition) is 0. The molecule has 0 unspecified atom stereocenters. The first-order valence-corrected chi connectivity index (χ1v) is 13.8. The van der Waals surface area contributed by atoms with Crippen LogP contribution in [0.15, 0.2) is 0 Å². The maximum Gasteiger partial charge on any atom is 0.340 e. The molecule has 0 bridgehead atoms. The van der Waals surface area contributed by atoms with E-state index in [-0.39, 0.29) is 0 Å². The Morgan fingerprint density at radius 1 is 0.636 bits per heavy atom. The molecule has 0 aliphatic rings. The zero-order valence-electron chi connectivity index (χ0n) is 15.7. The molecule has 0 N–H and O–H groups in total. The van der Waals surface area contributed by atoms with Crippen molar-refractivity contribution >= 4 is 17.1 Å². The molecule has 22 heavy (non-hydrogen) atoms. The van der Waals surface area contributed by atoms with E-state index in [9.17, 15) is 0 Å². The summed E-state index contributed by atoms with van der Waals surface area (Å²) in [6, 6.07) is 1.05. The Morgan fingerprint density at radius 2 is 1.14 bits per heavy atom. The van der Waals surface area contributed by atoms with Crippen molar-refractivity contribution in [2.45, 2.75) is 78.6 Å². The van der Waals surface area contributed by atoms with Gasteiger partial charge in [-0.2, -0.15) is 0 Å². The lowest BCUT2D eigenvalue weighted by atomic mass is 10.2. The Morgan fingerprint density at radius 3 is 1.55 bits per heavy atom. The molecule has 0 aromatic rings. The van der Waals surface area contributed by atoms with E-state index in [2.05, 4.69) is 27.3 Å². The molecule has 0 radical (unpaired) electrons. The van der Waals surface area contributed by atoms with E-state index < -0.39 is 17.1 Å². The van der Waals surface area contributed by atoms with Crippen molar-refractivity contribution in [1.82, 2.24) is 0 Å². The molecule has 0 aliphatic carbocycles. The third-order valence-electron chi connectivity index (χ3n) is 3.72. The van der Waals surface area contributed by atoms with E-state index in [1.165, 1.54) is 25.7 Å².